The smallest absolute Gasteiger partial charge is 0.143 e. The third-order valence-electron chi connectivity index (χ3n) is 12.7. The molecule has 0 aliphatic carbocycles. The fraction of sp³-hybridized carbons (Fsp3) is 0. The van der Waals surface area contributed by atoms with Crippen molar-refractivity contribution in [2.45, 2.75) is 0 Å². The van der Waals surface area contributed by atoms with Crippen molar-refractivity contribution < 1.29 is 4.42 Å². The number of fused-ring (bicyclic) bond motifs is 5. The van der Waals surface area contributed by atoms with Gasteiger partial charge in [0.2, 0.25) is 0 Å². The van der Waals surface area contributed by atoms with Gasteiger partial charge < -0.3 is 9.32 Å². The standard InChI is InChI=1S/C62H41NO/c1-2-13-47(14-3-1)61-59-19-8-9-20-60(59)64-62(61)53-17-10-16-49(41-53)43-25-32-54(33-26-43)63(55-34-27-44(28-35-55)50-23-21-42-11-4-5-15-48(42)39-50)56-36-29-45(30-37-56)51-31-38-58-52(40-51)24-22-46-12-6-7-18-57(46)58/h1-41H. The van der Waals surface area contributed by atoms with Gasteiger partial charge in [0.1, 0.15) is 11.3 Å². The molecule has 0 aliphatic heterocycles. The zero-order valence-corrected chi connectivity index (χ0v) is 35.0. The lowest BCUT2D eigenvalue weighted by Gasteiger charge is -2.26. The zero-order valence-electron chi connectivity index (χ0n) is 35.0. The van der Waals surface area contributed by atoms with Crippen LogP contribution in [0.4, 0.5) is 17.1 Å². The first-order valence-electron chi connectivity index (χ1n) is 21.9. The summed E-state index contributed by atoms with van der Waals surface area (Å²) in [4.78, 5) is 2.35. The molecule has 0 saturated carbocycles. The Balaban J connectivity index is 0.904. The van der Waals surface area contributed by atoms with Gasteiger partial charge in [-0.25, -0.2) is 0 Å². The van der Waals surface area contributed by atoms with E-state index in [0.29, 0.717) is 0 Å². The van der Waals surface area contributed by atoms with Crippen LogP contribution in [0, 0.1) is 0 Å². The first kappa shape index (κ1) is 37.3. The second-order valence-corrected chi connectivity index (χ2v) is 16.5. The van der Waals surface area contributed by atoms with E-state index in [-0.39, 0.29) is 0 Å². The van der Waals surface area contributed by atoms with Crippen LogP contribution in [0.3, 0.4) is 0 Å². The minimum Gasteiger partial charge on any atom is -0.455 e. The first-order chi connectivity index (χ1) is 31.7. The van der Waals surface area contributed by atoms with Crippen LogP contribution in [0.15, 0.2) is 253 Å². The summed E-state index contributed by atoms with van der Waals surface area (Å²) in [6, 6.07) is 89.5. The Kier molecular flexibility index (Phi) is 9.20. The first-order valence-corrected chi connectivity index (χ1v) is 21.9. The molecule has 0 saturated heterocycles. The van der Waals surface area contributed by atoms with Gasteiger partial charge in [0, 0.05) is 33.6 Å². The molecule has 11 aromatic carbocycles. The zero-order chi connectivity index (χ0) is 42.4. The SMILES string of the molecule is c1ccc(-c2c(-c3cccc(-c4ccc(N(c5ccc(-c6ccc7ccccc7c6)cc5)c5ccc(-c6ccc7c(ccc8ccccc87)c6)cc5)cc4)c3)oc3ccccc23)cc1. The highest BCUT2D eigenvalue weighted by Gasteiger charge is 2.19. The number of para-hydroxylation sites is 1. The summed E-state index contributed by atoms with van der Waals surface area (Å²) in [5.74, 6) is 0.879. The van der Waals surface area contributed by atoms with Crippen LogP contribution in [-0.2, 0) is 0 Å². The van der Waals surface area contributed by atoms with Crippen molar-refractivity contribution in [3.8, 4) is 55.8 Å². The van der Waals surface area contributed by atoms with Gasteiger partial charge in [-0.15, -0.1) is 0 Å². The summed E-state index contributed by atoms with van der Waals surface area (Å²) >= 11 is 0. The van der Waals surface area contributed by atoms with E-state index in [1.54, 1.807) is 0 Å². The highest BCUT2D eigenvalue weighted by Crippen LogP contribution is 2.43. The van der Waals surface area contributed by atoms with Crippen LogP contribution in [-0.4, -0.2) is 0 Å². The average molecular weight is 816 g/mol. The molecular formula is C62H41NO. The minimum atomic E-state index is 0.879. The highest BCUT2D eigenvalue weighted by atomic mass is 16.3. The predicted octanol–water partition coefficient (Wildman–Crippen LogP) is 17.7. The third-order valence-corrected chi connectivity index (χ3v) is 12.7. The Labute approximate surface area is 372 Å². The molecule has 0 bridgehead atoms. The maximum Gasteiger partial charge on any atom is 0.143 e. The van der Waals surface area contributed by atoms with E-state index >= 15 is 0 Å². The Bertz CT molecular complexity index is 3640. The number of nitrogens with zero attached hydrogens (tertiary/aromatic N) is 1. The molecule has 0 unspecified atom stereocenters. The molecule has 0 aliphatic rings. The predicted molar refractivity (Wildman–Crippen MR) is 271 cm³/mol. The molecule has 0 radical (unpaired) electrons. The topological polar surface area (TPSA) is 16.4 Å². The summed E-state index contributed by atoms with van der Waals surface area (Å²) in [7, 11) is 0. The van der Waals surface area contributed by atoms with Crippen molar-refractivity contribution >= 4 is 60.3 Å². The molecule has 12 rings (SSSR count). The maximum atomic E-state index is 6.60. The summed E-state index contributed by atoms with van der Waals surface area (Å²) in [6.07, 6.45) is 0. The Morgan fingerprint density at radius 2 is 0.703 bits per heavy atom. The summed E-state index contributed by atoms with van der Waals surface area (Å²) in [5, 5.41) is 8.67. The molecule has 2 nitrogen and oxygen atoms in total. The number of hydrogen-bond donors (Lipinski definition) is 0. The van der Waals surface area contributed by atoms with Gasteiger partial charge in [0.05, 0.1) is 0 Å². The molecular weight excluding hydrogens is 775 g/mol. The van der Waals surface area contributed by atoms with Crippen LogP contribution in [0.25, 0.3) is 99.1 Å². The Morgan fingerprint density at radius 3 is 1.39 bits per heavy atom. The lowest BCUT2D eigenvalue weighted by Crippen LogP contribution is -2.09. The van der Waals surface area contributed by atoms with Crippen LogP contribution in [0.2, 0.25) is 0 Å². The molecule has 0 N–H and O–H groups in total. The maximum absolute atomic E-state index is 6.60. The van der Waals surface area contributed by atoms with Gasteiger partial charge in [-0.05, 0) is 132 Å². The van der Waals surface area contributed by atoms with Crippen LogP contribution in [0.1, 0.15) is 0 Å². The van der Waals surface area contributed by atoms with Gasteiger partial charge in [-0.3, -0.25) is 0 Å². The monoisotopic (exact) mass is 815 g/mol. The molecule has 0 amide bonds. The molecule has 1 heterocycles. The second kappa shape index (κ2) is 15.8. The molecule has 0 atom stereocenters. The largest absolute Gasteiger partial charge is 0.455 e. The second-order valence-electron chi connectivity index (χ2n) is 16.5. The highest BCUT2D eigenvalue weighted by molar-refractivity contribution is 6.08. The van der Waals surface area contributed by atoms with Crippen molar-refractivity contribution in [3.05, 3.63) is 249 Å². The van der Waals surface area contributed by atoms with E-state index in [2.05, 4.69) is 248 Å². The molecule has 0 spiro atoms. The number of anilines is 3. The summed E-state index contributed by atoms with van der Waals surface area (Å²) in [6.45, 7) is 0. The van der Waals surface area contributed by atoms with E-state index in [9.17, 15) is 0 Å². The fourth-order valence-electron chi connectivity index (χ4n) is 9.40. The van der Waals surface area contributed by atoms with Gasteiger partial charge in [0.15, 0.2) is 0 Å². The summed E-state index contributed by atoms with van der Waals surface area (Å²) in [5.41, 5.74) is 14.5. The van der Waals surface area contributed by atoms with Crippen molar-refractivity contribution in [1.29, 1.82) is 0 Å². The summed E-state index contributed by atoms with van der Waals surface area (Å²) < 4.78 is 6.60. The lowest BCUT2D eigenvalue weighted by atomic mass is 9.96. The Morgan fingerprint density at radius 1 is 0.250 bits per heavy atom. The lowest BCUT2D eigenvalue weighted by molar-refractivity contribution is 0.632. The van der Waals surface area contributed by atoms with Gasteiger partial charge in [-0.2, -0.15) is 0 Å². The van der Waals surface area contributed by atoms with E-state index in [1.807, 2.05) is 6.07 Å². The van der Waals surface area contributed by atoms with E-state index in [1.165, 1.54) is 54.6 Å². The van der Waals surface area contributed by atoms with E-state index in [4.69, 9.17) is 4.42 Å². The van der Waals surface area contributed by atoms with Crippen molar-refractivity contribution in [3.63, 3.8) is 0 Å². The van der Waals surface area contributed by atoms with E-state index < -0.39 is 0 Å². The van der Waals surface area contributed by atoms with E-state index in [0.717, 1.165) is 61.6 Å². The molecule has 300 valence electrons. The quantitative estimate of drug-likeness (QED) is 0.142. The number of hydrogen-bond acceptors (Lipinski definition) is 2. The number of rotatable bonds is 8. The molecule has 12 aromatic rings. The molecule has 0 fully saturated rings. The van der Waals surface area contributed by atoms with Gasteiger partial charge in [0.25, 0.3) is 0 Å². The molecule has 1 aromatic heterocycles. The van der Waals surface area contributed by atoms with Gasteiger partial charge in [-0.1, -0.05) is 188 Å². The third kappa shape index (κ3) is 6.79. The fourth-order valence-corrected chi connectivity index (χ4v) is 9.40. The number of benzene rings is 11. The molecule has 2 heteroatoms. The molecule has 64 heavy (non-hydrogen) atoms. The normalized spacial score (nSPS) is 11.4. The minimum absolute atomic E-state index is 0.879. The van der Waals surface area contributed by atoms with Crippen molar-refractivity contribution in [1.82, 2.24) is 0 Å². The van der Waals surface area contributed by atoms with Crippen molar-refractivity contribution in [2.24, 2.45) is 0 Å². The average Bonchev–Trinajstić information content (AvgIpc) is 3.77. The van der Waals surface area contributed by atoms with Crippen LogP contribution >= 0.6 is 0 Å². The van der Waals surface area contributed by atoms with Crippen LogP contribution in [0.5, 0.6) is 0 Å². The number of furan rings is 1. The van der Waals surface area contributed by atoms with Crippen molar-refractivity contribution in [2.75, 3.05) is 4.90 Å². The Hall–Kier alpha value is -8.46. The van der Waals surface area contributed by atoms with Gasteiger partial charge >= 0.3 is 0 Å². The van der Waals surface area contributed by atoms with Crippen LogP contribution < -0.4 is 4.90 Å².